The standard InChI is InChI=1S/C31H22ClF8NO3/c1-29(37,38)24-10-18(4-8-25(24)34)26(43)15-30(27-9-5-20(32)16-41-27,14-17-2-6-22(42)7-3-17)19-11-21(33)13-23(12-19)44-31(39,40)28(35)36/h2-13,16,28,42H,14-15H2,1H3/t30-/m1/s1. The molecule has 1 aromatic heterocycles. The van der Waals surface area contributed by atoms with Gasteiger partial charge in [0.25, 0.3) is 5.92 Å². The summed E-state index contributed by atoms with van der Waals surface area (Å²) in [5.74, 6) is -8.13. The first-order valence-electron chi connectivity index (χ1n) is 12.8. The van der Waals surface area contributed by atoms with Gasteiger partial charge in [0.15, 0.2) is 5.78 Å². The first-order valence-corrected chi connectivity index (χ1v) is 13.1. The molecule has 4 rings (SSSR count). The Morgan fingerprint density at radius 1 is 0.955 bits per heavy atom. The van der Waals surface area contributed by atoms with Crippen LogP contribution in [0.1, 0.15) is 46.1 Å². The molecule has 4 aromatic rings. The van der Waals surface area contributed by atoms with Gasteiger partial charge in [0.2, 0.25) is 0 Å². The van der Waals surface area contributed by atoms with Crippen LogP contribution in [0.25, 0.3) is 0 Å². The van der Waals surface area contributed by atoms with E-state index in [2.05, 4.69) is 9.72 Å². The summed E-state index contributed by atoms with van der Waals surface area (Å²) in [6.45, 7) is 0.440. The lowest BCUT2D eigenvalue weighted by molar-refractivity contribution is -0.253. The smallest absolute Gasteiger partial charge is 0.461 e. The van der Waals surface area contributed by atoms with Gasteiger partial charge in [0.05, 0.1) is 16.3 Å². The molecule has 0 unspecified atom stereocenters. The number of carbonyl (C=O) groups excluding carboxylic acids is 1. The fourth-order valence-corrected chi connectivity index (χ4v) is 4.84. The minimum atomic E-state index is -5.01. The molecule has 0 bridgehead atoms. The normalized spacial score (nSPS) is 13.5. The zero-order chi connectivity index (χ0) is 32.4. The topological polar surface area (TPSA) is 59.4 Å². The molecule has 0 saturated carbocycles. The third-order valence-electron chi connectivity index (χ3n) is 6.82. The molecule has 1 atom stereocenters. The summed E-state index contributed by atoms with van der Waals surface area (Å²) in [5.41, 5.74) is -3.06. The van der Waals surface area contributed by atoms with Crippen molar-refractivity contribution in [1.29, 1.82) is 0 Å². The Bertz CT molecular complexity index is 1640. The number of nitrogens with zero attached hydrogens (tertiary/aromatic N) is 1. The van der Waals surface area contributed by atoms with Crippen LogP contribution in [0.3, 0.4) is 0 Å². The zero-order valence-electron chi connectivity index (χ0n) is 22.6. The molecule has 1 N–H and O–H groups in total. The van der Waals surface area contributed by atoms with Gasteiger partial charge in [0.1, 0.15) is 23.1 Å². The molecule has 0 radical (unpaired) electrons. The molecule has 44 heavy (non-hydrogen) atoms. The van der Waals surface area contributed by atoms with Gasteiger partial charge < -0.3 is 9.84 Å². The van der Waals surface area contributed by atoms with E-state index in [0.717, 1.165) is 18.2 Å². The van der Waals surface area contributed by atoms with Crippen molar-refractivity contribution in [2.75, 3.05) is 0 Å². The Balaban J connectivity index is 1.96. The van der Waals surface area contributed by atoms with Crippen LogP contribution in [-0.2, 0) is 17.8 Å². The highest BCUT2D eigenvalue weighted by molar-refractivity contribution is 6.30. The van der Waals surface area contributed by atoms with Crippen molar-refractivity contribution >= 4 is 17.4 Å². The number of ketones is 1. The fourth-order valence-electron chi connectivity index (χ4n) is 4.73. The van der Waals surface area contributed by atoms with Crippen LogP contribution in [0.5, 0.6) is 11.5 Å². The lowest BCUT2D eigenvalue weighted by Crippen LogP contribution is -2.36. The van der Waals surface area contributed by atoms with Crippen molar-refractivity contribution in [2.24, 2.45) is 0 Å². The molecular weight excluding hydrogens is 622 g/mol. The first kappa shape index (κ1) is 32.7. The molecule has 0 spiro atoms. The van der Waals surface area contributed by atoms with Crippen molar-refractivity contribution in [3.8, 4) is 11.5 Å². The molecule has 0 saturated heterocycles. The molecular formula is C31H22ClF8NO3. The number of hydrogen-bond acceptors (Lipinski definition) is 4. The lowest BCUT2D eigenvalue weighted by atomic mass is 9.68. The number of aromatic nitrogens is 1. The monoisotopic (exact) mass is 643 g/mol. The van der Waals surface area contributed by atoms with E-state index in [1.165, 1.54) is 42.6 Å². The number of halogens is 9. The van der Waals surface area contributed by atoms with Crippen LogP contribution >= 0.6 is 11.6 Å². The molecule has 4 nitrogen and oxygen atoms in total. The molecule has 0 aliphatic heterocycles. The average molecular weight is 644 g/mol. The minimum absolute atomic E-state index is 0.0173. The Kier molecular flexibility index (Phi) is 9.24. The van der Waals surface area contributed by atoms with Crippen LogP contribution in [0.4, 0.5) is 35.1 Å². The number of benzene rings is 3. The predicted molar refractivity (Wildman–Crippen MR) is 145 cm³/mol. The second-order valence-electron chi connectivity index (χ2n) is 10.1. The van der Waals surface area contributed by atoms with Gasteiger partial charge in [-0.15, -0.1) is 0 Å². The Labute approximate surface area is 250 Å². The van der Waals surface area contributed by atoms with Crippen LogP contribution in [-0.4, -0.2) is 28.4 Å². The van der Waals surface area contributed by atoms with Crippen molar-refractivity contribution in [3.05, 3.63) is 124 Å². The van der Waals surface area contributed by atoms with Gasteiger partial charge in [-0.05, 0) is 72.1 Å². The number of alkyl halides is 6. The highest BCUT2D eigenvalue weighted by atomic mass is 35.5. The summed E-state index contributed by atoms with van der Waals surface area (Å²) in [7, 11) is 0. The van der Waals surface area contributed by atoms with Crippen LogP contribution < -0.4 is 4.74 Å². The number of phenols is 1. The molecule has 3 aromatic carbocycles. The molecule has 0 aliphatic carbocycles. The van der Waals surface area contributed by atoms with Crippen LogP contribution in [0.15, 0.2) is 79.0 Å². The largest absolute Gasteiger partial charge is 0.508 e. The predicted octanol–water partition coefficient (Wildman–Crippen LogP) is 8.87. The van der Waals surface area contributed by atoms with Gasteiger partial charge in [-0.2, -0.15) is 17.6 Å². The molecule has 232 valence electrons. The summed E-state index contributed by atoms with van der Waals surface area (Å²) < 4.78 is 115. The van der Waals surface area contributed by atoms with Crippen LogP contribution in [0.2, 0.25) is 5.02 Å². The van der Waals surface area contributed by atoms with Crippen molar-refractivity contribution < 1.29 is 49.8 Å². The second-order valence-corrected chi connectivity index (χ2v) is 10.5. The third-order valence-corrected chi connectivity index (χ3v) is 7.04. The van der Waals surface area contributed by atoms with E-state index in [-0.39, 0.29) is 34.0 Å². The molecule has 0 fully saturated rings. The summed E-state index contributed by atoms with van der Waals surface area (Å²) >= 11 is 6.02. The molecule has 13 heteroatoms. The number of carbonyl (C=O) groups is 1. The summed E-state index contributed by atoms with van der Waals surface area (Å²) in [6, 6.07) is 12.7. The number of aromatic hydroxyl groups is 1. The maximum absolute atomic E-state index is 15.0. The van der Waals surface area contributed by atoms with E-state index >= 15 is 0 Å². The van der Waals surface area contributed by atoms with E-state index in [0.29, 0.717) is 30.7 Å². The average Bonchev–Trinajstić information content (AvgIpc) is 2.93. The summed E-state index contributed by atoms with van der Waals surface area (Å²) in [6.07, 6.45) is -9.03. The van der Waals surface area contributed by atoms with Gasteiger partial charge in [-0.1, -0.05) is 23.7 Å². The molecule has 1 heterocycles. The summed E-state index contributed by atoms with van der Waals surface area (Å²) in [4.78, 5) is 18.1. The highest BCUT2D eigenvalue weighted by Crippen LogP contribution is 2.42. The van der Waals surface area contributed by atoms with Crippen molar-refractivity contribution in [2.45, 2.75) is 43.6 Å². The van der Waals surface area contributed by atoms with E-state index < -0.39 is 59.0 Å². The lowest BCUT2D eigenvalue weighted by Gasteiger charge is -2.34. The SMILES string of the molecule is CC(F)(F)c1cc(C(=O)C[C@](Cc2ccc(O)cc2)(c2cc(F)cc(OC(F)(F)C(F)F)c2)c2ccc(Cl)cn2)ccc1F. The maximum Gasteiger partial charge on any atom is 0.461 e. The quantitative estimate of drug-likeness (QED) is 0.131. The molecule has 0 amide bonds. The first-order chi connectivity index (χ1) is 20.5. The summed E-state index contributed by atoms with van der Waals surface area (Å²) in [5, 5.41) is 9.93. The second kappa shape index (κ2) is 12.4. The maximum atomic E-state index is 15.0. The Morgan fingerprint density at radius 2 is 1.64 bits per heavy atom. The van der Waals surface area contributed by atoms with Crippen LogP contribution in [0, 0.1) is 11.6 Å². The van der Waals surface area contributed by atoms with Gasteiger partial charge in [-0.25, -0.2) is 17.6 Å². The molecule has 0 aliphatic rings. The third kappa shape index (κ3) is 7.29. The zero-order valence-corrected chi connectivity index (χ0v) is 23.4. The van der Waals surface area contributed by atoms with E-state index in [1.54, 1.807) is 0 Å². The Hall–Kier alpha value is -4.19. The number of hydrogen-bond donors (Lipinski definition) is 1. The number of pyridine rings is 1. The van der Waals surface area contributed by atoms with Gasteiger partial charge in [-0.3, -0.25) is 9.78 Å². The van der Waals surface area contributed by atoms with Crippen molar-refractivity contribution in [3.63, 3.8) is 0 Å². The van der Waals surface area contributed by atoms with E-state index in [4.69, 9.17) is 11.6 Å². The van der Waals surface area contributed by atoms with E-state index in [1.807, 2.05) is 0 Å². The number of rotatable bonds is 11. The Morgan fingerprint density at radius 3 is 2.23 bits per heavy atom. The van der Waals surface area contributed by atoms with E-state index in [9.17, 15) is 45.0 Å². The van der Waals surface area contributed by atoms with Gasteiger partial charge >= 0.3 is 12.5 Å². The van der Waals surface area contributed by atoms with Gasteiger partial charge in [0, 0.05) is 36.6 Å². The number of phenolic OH excluding ortho intramolecular Hbond substituents is 1. The fraction of sp³-hybridized carbons (Fsp3) is 0.226. The number of Topliss-reactive ketones (excluding diaryl/α,β-unsaturated/α-hetero) is 1. The highest BCUT2D eigenvalue weighted by Gasteiger charge is 2.45. The number of ether oxygens (including phenoxy) is 1. The van der Waals surface area contributed by atoms with Crippen molar-refractivity contribution in [1.82, 2.24) is 4.98 Å². The minimum Gasteiger partial charge on any atom is -0.508 e.